The van der Waals surface area contributed by atoms with E-state index in [1.165, 1.54) is 6.92 Å². The first-order valence-electron chi connectivity index (χ1n) is 25.2. The predicted octanol–water partition coefficient (Wildman–Crippen LogP) is -0.659. The fraction of sp³-hybridized carbons (Fsp3) is 0.833. The van der Waals surface area contributed by atoms with Gasteiger partial charge in [0, 0.05) is 45.1 Å². The van der Waals surface area contributed by atoms with Crippen molar-refractivity contribution in [2.24, 2.45) is 0 Å². The average molecular weight is 1070 g/mol. The Hall–Kier alpha value is -3.00. The van der Waals surface area contributed by atoms with Gasteiger partial charge in [-0.3, -0.25) is 4.79 Å². The van der Waals surface area contributed by atoms with Crippen LogP contribution in [0.5, 0.6) is 17.2 Å². The van der Waals surface area contributed by atoms with Crippen molar-refractivity contribution in [1.29, 1.82) is 0 Å². The SMILES string of the molecule is C=O.CC.CC.CC(O)CO.CNCCNC(=O)c1cc(OCCCCCOC(CO)C(O)O)c(OCCCCCOC2OC(CO)C(O)C(O)C2O)c(OCCCCCOC(OO)C(O)C(O)CCCO)c1. The zero-order valence-corrected chi connectivity index (χ0v) is 43.9. The number of aliphatic hydroxyl groups is 12. The number of aliphatic hydroxyl groups excluding tert-OH is 11. The molecule has 1 aliphatic heterocycles. The van der Waals surface area contributed by atoms with Gasteiger partial charge in [-0.1, -0.05) is 27.7 Å². The first-order chi connectivity index (χ1) is 35.2. The highest BCUT2D eigenvalue weighted by atomic mass is 17.1. The second-order valence-corrected chi connectivity index (χ2v) is 15.8. The lowest BCUT2D eigenvalue weighted by Gasteiger charge is -2.39. The number of benzene rings is 1. The van der Waals surface area contributed by atoms with E-state index in [2.05, 4.69) is 15.5 Å². The fourth-order valence-corrected chi connectivity index (χ4v) is 6.06. The summed E-state index contributed by atoms with van der Waals surface area (Å²) < 4.78 is 40.3. The molecule has 1 fully saturated rings. The molecule has 15 N–H and O–H groups in total. The molecule has 25 heteroatoms. The molecule has 0 spiro atoms. The lowest BCUT2D eigenvalue weighted by Crippen LogP contribution is -2.59. The topological polar surface area (TPSA) is 395 Å². The van der Waals surface area contributed by atoms with Crippen LogP contribution in [0.25, 0.3) is 0 Å². The maximum Gasteiger partial charge on any atom is 0.251 e. The summed E-state index contributed by atoms with van der Waals surface area (Å²) in [6.07, 6.45) is -9.33. The van der Waals surface area contributed by atoms with E-state index >= 15 is 0 Å². The van der Waals surface area contributed by atoms with E-state index in [0.29, 0.717) is 70.9 Å². The molecule has 2 rings (SSSR count). The van der Waals surface area contributed by atoms with Gasteiger partial charge >= 0.3 is 0 Å². The zero-order chi connectivity index (χ0) is 56.0. The Bertz CT molecular complexity index is 1390. The van der Waals surface area contributed by atoms with Gasteiger partial charge in [0.05, 0.1) is 51.8 Å². The van der Waals surface area contributed by atoms with Crippen LogP contribution >= 0.6 is 0 Å². The number of ether oxygens (including phenoxy) is 7. The highest BCUT2D eigenvalue weighted by Crippen LogP contribution is 2.40. The fourth-order valence-electron chi connectivity index (χ4n) is 6.06. The van der Waals surface area contributed by atoms with Crippen molar-refractivity contribution in [2.75, 3.05) is 86.2 Å². The van der Waals surface area contributed by atoms with Gasteiger partial charge < -0.3 is 110 Å². The van der Waals surface area contributed by atoms with Gasteiger partial charge in [-0.2, -0.15) is 0 Å². The highest BCUT2D eigenvalue weighted by Gasteiger charge is 2.44. The van der Waals surface area contributed by atoms with Crippen LogP contribution in [0.1, 0.15) is 116 Å². The number of nitrogens with one attached hydrogen (secondary N) is 2. The maximum atomic E-state index is 13.2. The molecule has 1 amide bonds. The number of carbonyl (C=O) groups excluding carboxylic acids is 2. The van der Waals surface area contributed by atoms with Crippen LogP contribution in [-0.2, 0) is 28.6 Å². The molecule has 10 atom stereocenters. The van der Waals surface area contributed by atoms with Crippen molar-refractivity contribution < 1.29 is 114 Å². The number of likely N-dealkylation sites (N-methyl/N-ethyl adjacent to an activating group) is 1. The summed E-state index contributed by atoms with van der Waals surface area (Å²) in [4.78, 5) is 25.4. The van der Waals surface area contributed by atoms with Crippen LogP contribution in [0.2, 0.25) is 0 Å². The van der Waals surface area contributed by atoms with E-state index in [9.17, 15) is 56.0 Å². The van der Waals surface area contributed by atoms with E-state index in [0.717, 1.165) is 0 Å². The number of hydrogen-bond acceptors (Lipinski definition) is 24. The van der Waals surface area contributed by atoms with Gasteiger partial charge in [-0.05, 0) is 96.7 Å². The second-order valence-electron chi connectivity index (χ2n) is 15.8. The van der Waals surface area contributed by atoms with E-state index in [1.54, 1.807) is 19.2 Å². The van der Waals surface area contributed by atoms with Gasteiger partial charge in [-0.15, -0.1) is 0 Å². The Morgan fingerprint density at radius 3 is 1.66 bits per heavy atom. The molecule has 1 aliphatic rings. The number of hydrogen-bond donors (Lipinski definition) is 15. The molecular weight excluding hydrogens is 973 g/mol. The minimum absolute atomic E-state index is 0.0781. The van der Waals surface area contributed by atoms with Crippen LogP contribution in [0.15, 0.2) is 12.1 Å². The summed E-state index contributed by atoms with van der Waals surface area (Å²) in [7, 11) is 1.76. The number of rotatable bonds is 38. The first kappa shape index (κ1) is 74.2. The van der Waals surface area contributed by atoms with Gasteiger partial charge in [0.1, 0.15) is 43.4 Å². The van der Waals surface area contributed by atoms with Crippen molar-refractivity contribution in [3.8, 4) is 17.2 Å². The van der Waals surface area contributed by atoms with E-state index < -0.39 is 80.9 Å². The molecule has 1 saturated heterocycles. The van der Waals surface area contributed by atoms with E-state index in [1.807, 2.05) is 34.5 Å². The molecule has 1 heterocycles. The van der Waals surface area contributed by atoms with Crippen LogP contribution in [0.3, 0.4) is 0 Å². The molecule has 434 valence electrons. The van der Waals surface area contributed by atoms with Crippen LogP contribution in [-0.4, -0.2) is 233 Å². The van der Waals surface area contributed by atoms with E-state index in [4.69, 9.17) is 53.3 Å². The average Bonchev–Trinajstić information content (AvgIpc) is 3.40. The summed E-state index contributed by atoms with van der Waals surface area (Å²) in [5.41, 5.74) is 0.262. The van der Waals surface area contributed by atoms with Gasteiger partial charge in [-0.25, -0.2) is 10.1 Å². The monoisotopic (exact) mass is 1070 g/mol. The van der Waals surface area contributed by atoms with Crippen molar-refractivity contribution in [1.82, 2.24) is 10.6 Å². The molecule has 25 nitrogen and oxygen atoms in total. The smallest absolute Gasteiger partial charge is 0.251 e. The Labute approximate surface area is 430 Å². The van der Waals surface area contributed by atoms with E-state index in [-0.39, 0.29) is 94.4 Å². The Morgan fingerprint density at radius 2 is 1.19 bits per heavy atom. The quantitative estimate of drug-likeness (QED) is 0.0169. The van der Waals surface area contributed by atoms with Crippen molar-refractivity contribution >= 4 is 12.7 Å². The third kappa shape index (κ3) is 33.6. The summed E-state index contributed by atoms with van der Waals surface area (Å²) in [6, 6.07) is 3.13. The lowest BCUT2D eigenvalue weighted by atomic mass is 9.99. The number of carbonyl (C=O) groups is 2. The molecule has 73 heavy (non-hydrogen) atoms. The third-order valence-corrected chi connectivity index (χ3v) is 10.0. The van der Waals surface area contributed by atoms with Gasteiger partial charge in [0.25, 0.3) is 5.91 Å². The van der Waals surface area contributed by atoms with Crippen molar-refractivity contribution in [3.63, 3.8) is 0 Å². The van der Waals surface area contributed by atoms with Gasteiger partial charge in [0.15, 0.2) is 24.1 Å². The molecule has 0 aliphatic carbocycles. The highest BCUT2D eigenvalue weighted by molar-refractivity contribution is 5.95. The summed E-state index contributed by atoms with van der Waals surface area (Å²) in [5, 5.41) is 128. The Kier molecular flexibility index (Phi) is 50.7. The van der Waals surface area contributed by atoms with Crippen LogP contribution in [0, 0.1) is 0 Å². The third-order valence-electron chi connectivity index (χ3n) is 10.0. The van der Waals surface area contributed by atoms with Crippen molar-refractivity contribution in [2.45, 2.75) is 173 Å². The largest absolute Gasteiger partial charge is 0.490 e. The molecule has 0 bridgehead atoms. The minimum atomic E-state index is -1.80. The standard InChI is InChI=1S/C40H72N2O20.C3H8O2.2C2H6.CH2O/c1-41-13-14-42-37(51)26-22-28(55-16-5-2-7-18-57-31(25-45)38(52)53)36(58-19-8-4-9-20-59-39-35(50)34(49)33(48)30(24-44)61-39)29(23-26)56-17-6-3-10-21-60-40(62-54)32(47)27(46)12-11-15-43;1-3(5)2-4;3*1-2/h22-23,27,30-35,38-41,43-50,52-54H,2-21,24-25H2,1H3,(H,42,51);3-5H,2H2,1H3;2*1-2H3;1H2. The summed E-state index contributed by atoms with van der Waals surface area (Å²) >= 11 is 0. The first-order valence-corrected chi connectivity index (χ1v) is 25.2. The molecule has 10 unspecified atom stereocenters. The Balaban J connectivity index is -0.00000408. The van der Waals surface area contributed by atoms with Gasteiger partial charge in [0.2, 0.25) is 12.0 Å². The lowest BCUT2D eigenvalue weighted by molar-refractivity contribution is -0.372. The normalized spacial score (nSPS) is 19.2. The Morgan fingerprint density at radius 1 is 0.685 bits per heavy atom. The minimum Gasteiger partial charge on any atom is -0.490 e. The summed E-state index contributed by atoms with van der Waals surface area (Å²) in [6.45, 7) is 12.0. The number of unbranched alkanes of at least 4 members (excludes halogenated alkanes) is 6. The maximum absolute atomic E-state index is 13.2. The molecule has 0 aromatic heterocycles. The van der Waals surface area contributed by atoms with Crippen molar-refractivity contribution in [3.05, 3.63) is 17.7 Å². The van der Waals surface area contributed by atoms with Crippen LogP contribution in [0.4, 0.5) is 0 Å². The molecule has 0 saturated carbocycles. The molecular formula is C48H94N2O23. The van der Waals surface area contributed by atoms with Crippen LogP contribution < -0.4 is 24.8 Å². The zero-order valence-electron chi connectivity index (χ0n) is 43.9. The molecule has 1 aromatic carbocycles. The molecule has 1 aromatic rings. The summed E-state index contributed by atoms with van der Waals surface area (Å²) in [5.74, 6) is 0.406. The predicted molar refractivity (Wildman–Crippen MR) is 266 cm³/mol. The molecule has 0 radical (unpaired) electrons. The number of amides is 1. The second kappa shape index (κ2) is 49.9.